The lowest BCUT2D eigenvalue weighted by Crippen LogP contribution is -2.35. The van der Waals surface area contributed by atoms with E-state index in [-0.39, 0.29) is 0 Å². The van der Waals surface area contributed by atoms with E-state index in [0.29, 0.717) is 29.6 Å². The first-order chi connectivity index (χ1) is 27.6. The number of hydrogen-bond donors (Lipinski definition) is 2. The van der Waals surface area contributed by atoms with Crippen molar-refractivity contribution in [1.82, 2.24) is 0 Å². The van der Waals surface area contributed by atoms with Gasteiger partial charge in [-0.3, -0.25) is 0 Å². The average Bonchev–Trinajstić information content (AvgIpc) is 3.90. The predicted molar refractivity (Wildman–Crippen MR) is 262 cm³/mol. The summed E-state index contributed by atoms with van der Waals surface area (Å²) < 4.78 is 0. The molecule has 0 spiro atoms. The van der Waals surface area contributed by atoms with Crippen molar-refractivity contribution in [3.8, 4) is 0 Å². The molecular formula is C54H88N2. The molecule has 0 amide bonds. The first-order valence-corrected chi connectivity index (χ1v) is 22.6. The summed E-state index contributed by atoms with van der Waals surface area (Å²) in [6.45, 7) is 40.6. The molecule has 1 aromatic carbocycles. The van der Waals surface area contributed by atoms with Gasteiger partial charge in [-0.2, -0.15) is 0 Å². The Morgan fingerprint density at radius 3 is 1.86 bits per heavy atom. The van der Waals surface area contributed by atoms with E-state index in [9.17, 15) is 0 Å². The molecule has 1 aromatic rings. The van der Waals surface area contributed by atoms with Crippen LogP contribution in [0.2, 0.25) is 0 Å². The highest BCUT2D eigenvalue weighted by molar-refractivity contribution is 5.81. The molecule has 0 bridgehead atoms. The van der Waals surface area contributed by atoms with Gasteiger partial charge in [0.1, 0.15) is 0 Å². The van der Waals surface area contributed by atoms with E-state index in [4.69, 9.17) is 5.73 Å². The van der Waals surface area contributed by atoms with Gasteiger partial charge < -0.3 is 11.1 Å². The van der Waals surface area contributed by atoms with Crippen LogP contribution in [-0.2, 0) is 0 Å². The number of nitrogens with two attached hydrogens (primary N) is 1. The van der Waals surface area contributed by atoms with E-state index >= 15 is 0 Å². The van der Waals surface area contributed by atoms with E-state index in [1.54, 1.807) is 17.3 Å². The fourth-order valence-corrected chi connectivity index (χ4v) is 7.15. The van der Waals surface area contributed by atoms with Crippen molar-refractivity contribution in [2.24, 2.45) is 35.3 Å². The van der Waals surface area contributed by atoms with Gasteiger partial charge in [0.2, 0.25) is 0 Å². The van der Waals surface area contributed by atoms with E-state index in [0.717, 1.165) is 24.9 Å². The topological polar surface area (TPSA) is 38.0 Å². The third-order valence-electron chi connectivity index (χ3n) is 9.52. The average molecular weight is 765 g/mol. The quantitative estimate of drug-likeness (QED) is 0.184. The molecule has 5 aliphatic carbocycles. The SMILES string of the molecule is C/C=C\C=CC1=C(Nc2ccc(/C(=C\N)C3=CC(C4C=CC=C4C4C=CC4)C3)cc2)C(CC)C1C1=C(C)C=CC1.C=C.CC.CC.CC.CC.CC.CC.CC. The summed E-state index contributed by atoms with van der Waals surface area (Å²) in [7, 11) is 0. The van der Waals surface area contributed by atoms with Crippen LogP contribution < -0.4 is 11.1 Å². The lowest BCUT2D eigenvalue weighted by Gasteiger charge is -2.43. The van der Waals surface area contributed by atoms with Crippen LogP contribution in [0.5, 0.6) is 0 Å². The Kier molecular flexibility index (Phi) is 35.6. The van der Waals surface area contributed by atoms with Crippen molar-refractivity contribution in [2.75, 3.05) is 5.32 Å². The van der Waals surface area contributed by atoms with Crippen LogP contribution >= 0.6 is 0 Å². The third-order valence-corrected chi connectivity index (χ3v) is 9.52. The highest BCUT2D eigenvalue weighted by Crippen LogP contribution is 2.51. The molecule has 5 unspecified atom stereocenters. The Morgan fingerprint density at radius 1 is 0.839 bits per heavy atom. The highest BCUT2D eigenvalue weighted by Gasteiger charge is 2.41. The van der Waals surface area contributed by atoms with E-state index in [1.165, 1.54) is 40.0 Å². The Hall–Kier alpha value is -4.04. The van der Waals surface area contributed by atoms with Gasteiger partial charge >= 0.3 is 0 Å². The number of rotatable bonds is 10. The monoisotopic (exact) mass is 765 g/mol. The minimum Gasteiger partial charge on any atom is -0.404 e. The minimum atomic E-state index is 0.499. The van der Waals surface area contributed by atoms with Gasteiger partial charge in [-0.1, -0.05) is 206 Å². The van der Waals surface area contributed by atoms with Gasteiger partial charge in [0, 0.05) is 46.8 Å². The predicted octanol–water partition coefficient (Wildman–Crippen LogP) is 17.3. The lowest BCUT2D eigenvalue weighted by atomic mass is 9.65. The first kappa shape index (κ1) is 56.3. The summed E-state index contributed by atoms with van der Waals surface area (Å²) in [6.07, 6.45) is 33.6. The molecule has 0 aromatic heterocycles. The fraction of sp³-hybridized carbons (Fsp3) is 0.481. The molecule has 0 saturated carbocycles. The molecule has 2 heteroatoms. The highest BCUT2D eigenvalue weighted by atomic mass is 14.9. The number of allylic oxidation sites excluding steroid dienone is 19. The number of hydrogen-bond acceptors (Lipinski definition) is 2. The standard InChI is InChI=1S/C38H42N2.7C2H6.C2H4/c1-4-6-7-14-35-37(32-15-8-11-25(32)3)31(5-2)38(35)40-30-20-18-27(19-21-30)36(24-39)29-22-28(23-29)34-17-10-16-33(34)26-12-9-13-26;8*1-2/h4,6-12,14,16-22,24,26,28,31,34,37,40H,5,13,15,23,39H2,1-3H3;7*1-2H3;1-2H2/b6-4-,14-7?,36-24+;;;;;;;;. The molecule has 0 aliphatic heterocycles. The van der Waals surface area contributed by atoms with Crippen LogP contribution in [0.4, 0.5) is 5.69 Å². The number of anilines is 1. The van der Waals surface area contributed by atoms with Crippen LogP contribution in [0.25, 0.3) is 5.57 Å². The maximum absolute atomic E-state index is 6.19. The van der Waals surface area contributed by atoms with E-state index in [1.807, 2.05) is 96.9 Å². The second-order valence-electron chi connectivity index (χ2n) is 11.8. The molecule has 314 valence electrons. The van der Waals surface area contributed by atoms with Crippen molar-refractivity contribution < 1.29 is 0 Å². The van der Waals surface area contributed by atoms with Crippen molar-refractivity contribution in [1.29, 1.82) is 0 Å². The molecule has 2 nitrogen and oxygen atoms in total. The van der Waals surface area contributed by atoms with Gasteiger partial charge in [-0.15, -0.1) is 13.2 Å². The van der Waals surface area contributed by atoms with Crippen LogP contribution in [-0.4, -0.2) is 0 Å². The summed E-state index contributed by atoms with van der Waals surface area (Å²) in [5, 5.41) is 3.81. The summed E-state index contributed by atoms with van der Waals surface area (Å²) in [6, 6.07) is 8.85. The maximum Gasteiger partial charge on any atom is 0.0382 e. The largest absolute Gasteiger partial charge is 0.404 e. The number of benzene rings is 1. The molecule has 6 rings (SSSR count). The van der Waals surface area contributed by atoms with Gasteiger partial charge in [0.25, 0.3) is 0 Å². The van der Waals surface area contributed by atoms with E-state index < -0.39 is 0 Å². The minimum absolute atomic E-state index is 0.499. The Balaban J connectivity index is -0.00000157. The van der Waals surface area contributed by atoms with Gasteiger partial charge in [0.15, 0.2) is 0 Å². The molecule has 3 N–H and O–H groups in total. The normalized spacial score (nSPS) is 21.7. The molecule has 5 aliphatic rings. The Morgan fingerprint density at radius 2 is 1.41 bits per heavy atom. The maximum atomic E-state index is 6.19. The van der Waals surface area contributed by atoms with Crippen LogP contribution in [0.15, 0.2) is 150 Å². The van der Waals surface area contributed by atoms with Crippen LogP contribution in [0, 0.1) is 29.6 Å². The summed E-state index contributed by atoms with van der Waals surface area (Å²) in [4.78, 5) is 0. The first-order valence-electron chi connectivity index (χ1n) is 22.6. The van der Waals surface area contributed by atoms with Crippen molar-refractivity contribution in [3.05, 3.63) is 156 Å². The molecule has 0 fully saturated rings. The van der Waals surface area contributed by atoms with Gasteiger partial charge in [-0.05, 0) is 74.3 Å². The zero-order valence-corrected chi connectivity index (χ0v) is 39.5. The lowest BCUT2D eigenvalue weighted by molar-refractivity contribution is 0.409. The summed E-state index contributed by atoms with van der Waals surface area (Å²) in [5.74, 6) is 2.79. The second kappa shape index (κ2) is 35.4. The molecule has 0 saturated heterocycles. The van der Waals surface area contributed by atoms with Crippen molar-refractivity contribution >= 4 is 11.3 Å². The zero-order valence-electron chi connectivity index (χ0n) is 39.5. The molecule has 56 heavy (non-hydrogen) atoms. The molecular weight excluding hydrogens is 677 g/mol. The van der Waals surface area contributed by atoms with Crippen LogP contribution in [0.1, 0.15) is 149 Å². The zero-order chi connectivity index (χ0) is 43.6. The smallest absolute Gasteiger partial charge is 0.0382 e. The van der Waals surface area contributed by atoms with Crippen molar-refractivity contribution in [2.45, 2.75) is 143 Å². The van der Waals surface area contributed by atoms with Crippen molar-refractivity contribution in [3.63, 3.8) is 0 Å². The van der Waals surface area contributed by atoms with E-state index in [2.05, 4.69) is 136 Å². The Bertz CT molecular complexity index is 1480. The second-order valence-corrected chi connectivity index (χ2v) is 11.8. The molecule has 5 atom stereocenters. The molecule has 0 heterocycles. The molecule has 0 radical (unpaired) electrons. The number of nitrogens with one attached hydrogen (secondary N) is 1. The Labute approximate surface area is 349 Å². The van der Waals surface area contributed by atoms with Crippen LogP contribution in [0.3, 0.4) is 0 Å². The third kappa shape index (κ3) is 15.1. The fourth-order valence-electron chi connectivity index (χ4n) is 7.15. The summed E-state index contributed by atoms with van der Waals surface area (Å²) in [5.41, 5.74) is 18.4. The summed E-state index contributed by atoms with van der Waals surface area (Å²) >= 11 is 0. The van der Waals surface area contributed by atoms with Gasteiger partial charge in [-0.25, -0.2) is 0 Å². The van der Waals surface area contributed by atoms with Gasteiger partial charge in [0.05, 0.1) is 0 Å².